The zero-order chi connectivity index (χ0) is 22.5. The Morgan fingerprint density at radius 1 is 1.26 bits per heavy atom. The van der Waals surface area contributed by atoms with E-state index in [2.05, 4.69) is 30.4 Å². The van der Waals surface area contributed by atoms with Crippen LogP contribution >= 0.6 is 0 Å². The number of carbonyl (C=O) groups is 2. The van der Waals surface area contributed by atoms with E-state index in [-0.39, 0.29) is 11.3 Å². The van der Waals surface area contributed by atoms with Gasteiger partial charge in [0, 0.05) is 43.4 Å². The fourth-order valence-corrected chi connectivity index (χ4v) is 3.47. The molecule has 13 heteroatoms. The van der Waals surface area contributed by atoms with Crippen LogP contribution < -0.4 is 10.2 Å². The van der Waals surface area contributed by atoms with Gasteiger partial charge in [0.05, 0.1) is 31.2 Å². The van der Waals surface area contributed by atoms with Crippen molar-refractivity contribution in [3.05, 3.63) is 42.5 Å². The van der Waals surface area contributed by atoms with Crippen molar-refractivity contribution < 1.29 is 32.6 Å². The molecule has 2 aromatic rings. The van der Waals surface area contributed by atoms with E-state index in [1.54, 1.807) is 18.5 Å². The monoisotopic (exact) mass is 440 g/mol. The number of carboxylic acid groups (broad SMARTS) is 1. The maximum Gasteiger partial charge on any atom is 0.490 e. The first-order valence-electron chi connectivity index (χ1n) is 9.16. The topological polar surface area (TPSA) is 130 Å². The summed E-state index contributed by atoms with van der Waals surface area (Å²) in [6, 6.07) is 3.46. The lowest BCUT2D eigenvalue weighted by Gasteiger charge is -2.27. The molecule has 0 saturated carbocycles. The van der Waals surface area contributed by atoms with Gasteiger partial charge < -0.3 is 20.1 Å². The number of rotatable bonds is 4. The fourth-order valence-electron chi connectivity index (χ4n) is 3.47. The van der Waals surface area contributed by atoms with Crippen molar-refractivity contribution in [3.8, 4) is 0 Å². The van der Waals surface area contributed by atoms with Crippen molar-refractivity contribution in [1.29, 1.82) is 0 Å². The van der Waals surface area contributed by atoms with E-state index >= 15 is 0 Å². The van der Waals surface area contributed by atoms with Crippen molar-refractivity contribution in [2.45, 2.75) is 6.18 Å². The quantitative estimate of drug-likeness (QED) is 0.708. The minimum absolute atomic E-state index is 0.102. The third-order valence-electron chi connectivity index (χ3n) is 5.05. The molecule has 0 spiro atoms. The average molecular weight is 440 g/mol. The zero-order valence-corrected chi connectivity index (χ0v) is 16.1. The first-order valence-corrected chi connectivity index (χ1v) is 9.16. The van der Waals surface area contributed by atoms with Crippen LogP contribution in [0.5, 0.6) is 0 Å². The van der Waals surface area contributed by atoms with E-state index in [0.29, 0.717) is 31.2 Å². The molecule has 4 rings (SSSR count). The number of halogens is 3. The van der Waals surface area contributed by atoms with Gasteiger partial charge in [-0.1, -0.05) is 0 Å². The zero-order valence-electron chi connectivity index (χ0n) is 16.1. The highest BCUT2D eigenvalue weighted by molar-refractivity contribution is 5.93. The average Bonchev–Trinajstić information content (AvgIpc) is 3.31. The van der Waals surface area contributed by atoms with Gasteiger partial charge in [-0.15, -0.1) is 0 Å². The second kappa shape index (κ2) is 9.20. The molecular weight excluding hydrogens is 421 g/mol. The van der Waals surface area contributed by atoms with E-state index in [0.717, 1.165) is 19.0 Å². The van der Waals surface area contributed by atoms with E-state index < -0.39 is 12.1 Å². The Hall–Kier alpha value is -3.35. The summed E-state index contributed by atoms with van der Waals surface area (Å²) >= 11 is 0. The van der Waals surface area contributed by atoms with Crippen molar-refractivity contribution in [2.75, 3.05) is 37.7 Å². The van der Waals surface area contributed by atoms with Crippen LogP contribution in [0.15, 0.2) is 36.9 Å². The summed E-state index contributed by atoms with van der Waals surface area (Å²) in [7, 11) is 0. The lowest BCUT2D eigenvalue weighted by Crippen LogP contribution is -2.43. The molecule has 2 N–H and O–H groups in total. The molecule has 10 nitrogen and oxygen atoms in total. The lowest BCUT2D eigenvalue weighted by atomic mass is 9.81. The van der Waals surface area contributed by atoms with Gasteiger partial charge in [0.2, 0.25) is 5.95 Å². The Kier molecular flexibility index (Phi) is 6.63. The molecule has 1 amide bonds. The lowest BCUT2D eigenvalue weighted by molar-refractivity contribution is -0.192. The van der Waals surface area contributed by atoms with E-state index in [1.807, 2.05) is 6.07 Å². The standard InChI is InChI=1S/C16H18N6O2.C2HF3O2/c23-14(12-2-5-20-21-6-12)19-9-16-10-22(7-13(16)8-24-11-16)15-17-3-1-4-18-15;3-2(4,5)1(6)7/h1-6,13H,7-11H2,(H,19,23);(H,6,7)/t13-,16+;/m1./s1. The van der Waals surface area contributed by atoms with Crippen LogP contribution in [0.25, 0.3) is 0 Å². The number of hydrogen-bond acceptors (Lipinski definition) is 8. The van der Waals surface area contributed by atoms with Crippen LogP contribution in [0.4, 0.5) is 19.1 Å². The summed E-state index contributed by atoms with van der Waals surface area (Å²) in [5.41, 5.74) is 0.410. The van der Waals surface area contributed by atoms with Gasteiger partial charge >= 0.3 is 12.1 Å². The van der Waals surface area contributed by atoms with Crippen LogP contribution in [-0.4, -0.2) is 76.2 Å². The van der Waals surface area contributed by atoms with Gasteiger partial charge in [-0.2, -0.15) is 23.4 Å². The number of hydrogen-bond donors (Lipinski definition) is 2. The van der Waals surface area contributed by atoms with E-state index in [9.17, 15) is 18.0 Å². The normalized spacial score (nSPS) is 22.3. The molecule has 2 atom stereocenters. The SMILES string of the molecule is O=C(NC[C@]12COC[C@H]1CN(c1ncccn1)C2)c1ccnnc1.O=C(O)C(F)(F)F. The number of fused-ring (bicyclic) bond motifs is 1. The molecule has 0 radical (unpaired) electrons. The molecule has 2 fully saturated rings. The number of ether oxygens (including phenoxy) is 1. The van der Waals surface area contributed by atoms with Crippen molar-refractivity contribution in [2.24, 2.45) is 11.3 Å². The Bertz CT molecular complexity index is 902. The molecule has 2 aliphatic rings. The maximum atomic E-state index is 12.3. The number of carbonyl (C=O) groups excluding carboxylic acids is 1. The molecule has 2 aromatic heterocycles. The van der Waals surface area contributed by atoms with E-state index in [4.69, 9.17) is 14.6 Å². The molecule has 2 saturated heterocycles. The third kappa shape index (κ3) is 5.42. The Morgan fingerprint density at radius 3 is 2.58 bits per heavy atom. The molecule has 4 heterocycles. The molecule has 0 aliphatic carbocycles. The second-order valence-corrected chi connectivity index (χ2v) is 7.12. The van der Waals surface area contributed by atoms with Crippen LogP contribution in [0.1, 0.15) is 10.4 Å². The predicted molar refractivity (Wildman–Crippen MR) is 99.0 cm³/mol. The number of aromatic nitrogens is 4. The molecule has 2 aliphatic heterocycles. The summed E-state index contributed by atoms with van der Waals surface area (Å²) in [6.07, 6.45) is 1.39. The van der Waals surface area contributed by atoms with Gasteiger partial charge in [0.15, 0.2) is 0 Å². The predicted octanol–water partition coefficient (Wildman–Crippen LogP) is 0.783. The molecule has 0 aromatic carbocycles. The highest BCUT2D eigenvalue weighted by atomic mass is 19.4. The third-order valence-corrected chi connectivity index (χ3v) is 5.05. The number of aliphatic carboxylic acids is 1. The maximum absolute atomic E-state index is 12.3. The Labute approximate surface area is 174 Å². The summed E-state index contributed by atoms with van der Waals surface area (Å²) in [4.78, 5) is 32.0. The van der Waals surface area contributed by atoms with Crippen LogP contribution in [0.2, 0.25) is 0 Å². The van der Waals surface area contributed by atoms with Crippen LogP contribution in [0, 0.1) is 11.3 Å². The molecular formula is C18H19F3N6O4. The molecule has 166 valence electrons. The summed E-state index contributed by atoms with van der Waals surface area (Å²) < 4.78 is 37.4. The largest absolute Gasteiger partial charge is 0.490 e. The van der Waals surface area contributed by atoms with Gasteiger partial charge in [-0.05, 0) is 12.1 Å². The summed E-state index contributed by atoms with van der Waals surface area (Å²) in [6.45, 7) is 3.52. The fraction of sp³-hybridized carbons (Fsp3) is 0.444. The van der Waals surface area contributed by atoms with Gasteiger partial charge in [-0.3, -0.25) is 4.79 Å². The highest BCUT2D eigenvalue weighted by Crippen LogP contribution is 2.41. The number of alkyl halides is 3. The van der Waals surface area contributed by atoms with Crippen LogP contribution in [0.3, 0.4) is 0 Å². The first kappa shape index (κ1) is 22.3. The van der Waals surface area contributed by atoms with Crippen molar-refractivity contribution in [3.63, 3.8) is 0 Å². The number of carboxylic acids is 1. The number of nitrogens with zero attached hydrogens (tertiary/aromatic N) is 5. The summed E-state index contributed by atoms with van der Waals surface area (Å²) in [5.74, 6) is -1.81. The van der Waals surface area contributed by atoms with Crippen LogP contribution in [-0.2, 0) is 9.53 Å². The van der Waals surface area contributed by atoms with Gasteiger partial charge in [0.25, 0.3) is 5.91 Å². The minimum atomic E-state index is -5.08. The van der Waals surface area contributed by atoms with Gasteiger partial charge in [0.1, 0.15) is 0 Å². The Morgan fingerprint density at radius 2 is 1.97 bits per heavy atom. The molecule has 0 bridgehead atoms. The van der Waals surface area contributed by atoms with Crippen molar-refractivity contribution >= 4 is 17.8 Å². The molecule has 0 unspecified atom stereocenters. The van der Waals surface area contributed by atoms with Gasteiger partial charge in [-0.25, -0.2) is 14.8 Å². The highest BCUT2D eigenvalue weighted by Gasteiger charge is 2.51. The van der Waals surface area contributed by atoms with E-state index in [1.165, 1.54) is 12.4 Å². The summed E-state index contributed by atoms with van der Waals surface area (Å²) in [5, 5.41) is 17.6. The minimum Gasteiger partial charge on any atom is -0.475 e. The van der Waals surface area contributed by atoms with Crippen molar-refractivity contribution in [1.82, 2.24) is 25.5 Å². The molecule has 31 heavy (non-hydrogen) atoms. The smallest absolute Gasteiger partial charge is 0.475 e. The number of amides is 1. The number of anilines is 1. The number of nitrogens with one attached hydrogen (secondary N) is 1. The second-order valence-electron chi connectivity index (χ2n) is 7.12. The Balaban J connectivity index is 0.000000339. The first-order chi connectivity index (χ1) is 14.7.